The average molecular weight is 261 g/mol. The Kier molecular flexibility index (Phi) is 4.93. The van der Waals surface area contributed by atoms with Gasteiger partial charge in [-0.2, -0.15) is 13.2 Å². The number of aromatic nitrogens is 2. The lowest BCUT2D eigenvalue weighted by Crippen LogP contribution is -2.16. The lowest BCUT2D eigenvalue weighted by molar-refractivity contribution is -0.128. The second kappa shape index (κ2) is 6.02. The molecule has 1 rings (SSSR count). The molecule has 0 bridgehead atoms. The van der Waals surface area contributed by atoms with Crippen LogP contribution < -0.4 is 5.32 Å². The first-order chi connectivity index (χ1) is 8.31. The summed E-state index contributed by atoms with van der Waals surface area (Å²) < 4.78 is 37.1. The molecule has 18 heavy (non-hydrogen) atoms. The Bertz CT molecular complexity index is 389. The molecule has 0 aliphatic heterocycles. The van der Waals surface area contributed by atoms with Gasteiger partial charge in [0.2, 0.25) is 0 Å². The number of nitrogens with zero attached hydrogens (tertiary/aromatic N) is 2. The van der Waals surface area contributed by atoms with Crippen molar-refractivity contribution in [2.45, 2.75) is 45.7 Å². The fourth-order valence-corrected chi connectivity index (χ4v) is 1.42. The smallest absolute Gasteiger partial charge is 0.370 e. The van der Waals surface area contributed by atoms with E-state index in [4.69, 9.17) is 0 Å². The van der Waals surface area contributed by atoms with Crippen LogP contribution in [0.2, 0.25) is 0 Å². The SMILES string of the molecule is CCCNc1cc(C(C)C)nc(CC(F)(F)F)n1. The van der Waals surface area contributed by atoms with Gasteiger partial charge in [0.1, 0.15) is 18.1 Å². The largest absolute Gasteiger partial charge is 0.396 e. The van der Waals surface area contributed by atoms with Crippen molar-refractivity contribution in [2.24, 2.45) is 0 Å². The molecule has 0 fully saturated rings. The van der Waals surface area contributed by atoms with Crippen LogP contribution in [0.1, 0.15) is 44.6 Å². The number of anilines is 1. The molecule has 102 valence electrons. The highest BCUT2D eigenvalue weighted by molar-refractivity contribution is 5.37. The van der Waals surface area contributed by atoms with E-state index in [1.54, 1.807) is 6.07 Å². The highest BCUT2D eigenvalue weighted by Crippen LogP contribution is 2.22. The predicted octanol–water partition coefficient (Wildman–Crippen LogP) is 3.53. The number of hydrogen-bond donors (Lipinski definition) is 1. The van der Waals surface area contributed by atoms with E-state index in [9.17, 15) is 13.2 Å². The lowest BCUT2D eigenvalue weighted by Gasteiger charge is -2.12. The molecule has 0 aliphatic rings. The third-order valence-corrected chi connectivity index (χ3v) is 2.30. The molecule has 1 aromatic heterocycles. The van der Waals surface area contributed by atoms with Crippen LogP contribution >= 0.6 is 0 Å². The van der Waals surface area contributed by atoms with Gasteiger partial charge in [0.25, 0.3) is 0 Å². The molecule has 6 heteroatoms. The zero-order chi connectivity index (χ0) is 13.8. The van der Waals surface area contributed by atoms with Crippen molar-refractivity contribution in [1.82, 2.24) is 9.97 Å². The molecule has 0 atom stereocenters. The highest BCUT2D eigenvalue weighted by atomic mass is 19.4. The van der Waals surface area contributed by atoms with E-state index in [1.165, 1.54) is 0 Å². The Hall–Kier alpha value is -1.33. The third-order valence-electron chi connectivity index (χ3n) is 2.30. The number of hydrogen-bond acceptors (Lipinski definition) is 3. The average Bonchev–Trinajstić information content (AvgIpc) is 2.23. The van der Waals surface area contributed by atoms with Gasteiger partial charge in [0.15, 0.2) is 0 Å². The maximum atomic E-state index is 12.4. The summed E-state index contributed by atoms with van der Waals surface area (Å²) in [6, 6.07) is 1.71. The van der Waals surface area contributed by atoms with Gasteiger partial charge in [-0.05, 0) is 12.3 Å². The van der Waals surface area contributed by atoms with E-state index in [-0.39, 0.29) is 11.7 Å². The zero-order valence-corrected chi connectivity index (χ0v) is 10.8. The standard InChI is InChI=1S/C12H18F3N3/c1-4-5-16-10-6-9(8(2)3)17-11(18-10)7-12(13,14)15/h6,8H,4-5,7H2,1-3H3,(H,16,17,18). The topological polar surface area (TPSA) is 37.8 Å². The molecular formula is C12H18F3N3. The van der Waals surface area contributed by atoms with E-state index < -0.39 is 12.6 Å². The van der Waals surface area contributed by atoms with E-state index in [0.29, 0.717) is 18.1 Å². The molecular weight excluding hydrogens is 243 g/mol. The van der Waals surface area contributed by atoms with Crippen molar-refractivity contribution >= 4 is 5.82 Å². The van der Waals surface area contributed by atoms with Crippen LogP contribution in [0.3, 0.4) is 0 Å². The van der Waals surface area contributed by atoms with Crippen molar-refractivity contribution in [3.05, 3.63) is 17.6 Å². The summed E-state index contributed by atoms with van der Waals surface area (Å²) in [7, 11) is 0. The first-order valence-corrected chi connectivity index (χ1v) is 6.00. The van der Waals surface area contributed by atoms with Crippen molar-refractivity contribution in [3.8, 4) is 0 Å². The monoisotopic (exact) mass is 261 g/mol. The van der Waals surface area contributed by atoms with Gasteiger partial charge < -0.3 is 5.32 Å². The molecule has 0 amide bonds. The molecule has 0 aromatic carbocycles. The summed E-state index contributed by atoms with van der Waals surface area (Å²) in [5.74, 6) is 0.365. The lowest BCUT2D eigenvalue weighted by atomic mass is 10.1. The van der Waals surface area contributed by atoms with Gasteiger partial charge in [-0.1, -0.05) is 20.8 Å². The van der Waals surface area contributed by atoms with Crippen LogP contribution in [0, 0.1) is 0 Å². The van der Waals surface area contributed by atoms with E-state index >= 15 is 0 Å². The van der Waals surface area contributed by atoms with Gasteiger partial charge in [-0.3, -0.25) is 0 Å². The molecule has 0 unspecified atom stereocenters. The minimum atomic E-state index is -4.28. The molecule has 1 heterocycles. The quantitative estimate of drug-likeness (QED) is 0.881. The van der Waals surface area contributed by atoms with Crippen LogP contribution in [0.25, 0.3) is 0 Å². The first kappa shape index (κ1) is 14.7. The van der Waals surface area contributed by atoms with E-state index in [0.717, 1.165) is 6.42 Å². The van der Waals surface area contributed by atoms with Crippen LogP contribution in [0.5, 0.6) is 0 Å². The summed E-state index contributed by atoms with van der Waals surface area (Å²) in [6.07, 6.45) is -4.48. The molecule has 0 spiro atoms. The summed E-state index contributed by atoms with van der Waals surface area (Å²) in [5, 5.41) is 3.00. The van der Waals surface area contributed by atoms with Crippen molar-refractivity contribution in [1.29, 1.82) is 0 Å². The van der Waals surface area contributed by atoms with Crippen molar-refractivity contribution in [2.75, 3.05) is 11.9 Å². The Morgan fingerprint density at radius 2 is 1.94 bits per heavy atom. The summed E-state index contributed by atoms with van der Waals surface area (Å²) in [5.41, 5.74) is 0.628. The van der Waals surface area contributed by atoms with E-state index in [2.05, 4.69) is 15.3 Å². The minimum Gasteiger partial charge on any atom is -0.370 e. The van der Waals surface area contributed by atoms with E-state index in [1.807, 2.05) is 20.8 Å². The highest BCUT2D eigenvalue weighted by Gasteiger charge is 2.29. The molecule has 3 nitrogen and oxygen atoms in total. The summed E-state index contributed by atoms with van der Waals surface area (Å²) >= 11 is 0. The Morgan fingerprint density at radius 1 is 1.28 bits per heavy atom. The molecule has 1 aromatic rings. The van der Waals surface area contributed by atoms with Gasteiger partial charge in [0, 0.05) is 18.3 Å². The fraction of sp³-hybridized carbons (Fsp3) is 0.667. The van der Waals surface area contributed by atoms with Crippen LogP contribution in [-0.2, 0) is 6.42 Å². The van der Waals surface area contributed by atoms with Crippen molar-refractivity contribution < 1.29 is 13.2 Å². The number of halogens is 3. The van der Waals surface area contributed by atoms with Gasteiger partial charge in [-0.15, -0.1) is 0 Å². The van der Waals surface area contributed by atoms with Crippen LogP contribution in [-0.4, -0.2) is 22.7 Å². The summed E-state index contributed by atoms with van der Waals surface area (Å²) in [6.45, 7) is 6.45. The van der Waals surface area contributed by atoms with Gasteiger partial charge >= 0.3 is 6.18 Å². The number of rotatable bonds is 5. The Balaban J connectivity index is 2.98. The second-order valence-electron chi connectivity index (χ2n) is 4.47. The van der Waals surface area contributed by atoms with Gasteiger partial charge in [-0.25, -0.2) is 9.97 Å². The summed E-state index contributed by atoms with van der Waals surface area (Å²) in [4.78, 5) is 7.85. The third kappa shape index (κ3) is 4.89. The van der Waals surface area contributed by atoms with Crippen LogP contribution in [0.15, 0.2) is 6.07 Å². The Morgan fingerprint density at radius 3 is 2.44 bits per heavy atom. The predicted molar refractivity (Wildman–Crippen MR) is 64.7 cm³/mol. The number of alkyl halides is 3. The normalized spacial score (nSPS) is 11.9. The number of nitrogens with one attached hydrogen (secondary N) is 1. The maximum Gasteiger partial charge on any atom is 0.396 e. The first-order valence-electron chi connectivity index (χ1n) is 6.00. The maximum absolute atomic E-state index is 12.4. The second-order valence-corrected chi connectivity index (χ2v) is 4.47. The van der Waals surface area contributed by atoms with Gasteiger partial charge in [0.05, 0.1) is 0 Å². The molecule has 0 radical (unpaired) electrons. The molecule has 0 saturated heterocycles. The zero-order valence-electron chi connectivity index (χ0n) is 10.8. The van der Waals surface area contributed by atoms with Crippen LogP contribution in [0.4, 0.5) is 19.0 Å². The fourth-order valence-electron chi connectivity index (χ4n) is 1.42. The molecule has 0 aliphatic carbocycles. The molecule has 1 N–H and O–H groups in total. The minimum absolute atomic E-state index is 0.0714. The van der Waals surface area contributed by atoms with Crippen molar-refractivity contribution in [3.63, 3.8) is 0 Å². The molecule has 0 saturated carbocycles. The Labute approximate surface area is 105 Å².